The van der Waals surface area contributed by atoms with Crippen LogP contribution in [0.15, 0.2) is 42.5 Å². The van der Waals surface area contributed by atoms with E-state index in [1.807, 2.05) is 43.3 Å². The summed E-state index contributed by atoms with van der Waals surface area (Å²) in [5.74, 6) is -0.360. The maximum Gasteiger partial charge on any atom is 0.417 e. The van der Waals surface area contributed by atoms with E-state index in [9.17, 15) is 22.4 Å². The molecule has 1 aliphatic carbocycles. The topological polar surface area (TPSA) is 70.2 Å². The van der Waals surface area contributed by atoms with Gasteiger partial charge in [-0.15, -0.1) is 0 Å². The number of halogens is 4. The first-order valence-electron chi connectivity index (χ1n) is 11.5. The summed E-state index contributed by atoms with van der Waals surface area (Å²) in [7, 11) is 3.86. The molecule has 6 nitrogen and oxygen atoms in total. The Morgan fingerprint density at radius 2 is 1.77 bits per heavy atom. The lowest BCUT2D eigenvalue weighted by atomic mass is 9.86. The van der Waals surface area contributed by atoms with Crippen LogP contribution in [0.4, 0.5) is 29.3 Å². The Labute approximate surface area is 200 Å². The third-order valence-electron chi connectivity index (χ3n) is 6.27. The van der Waals surface area contributed by atoms with Gasteiger partial charge in [0.15, 0.2) is 0 Å². The number of amides is 1. The number of fused-ring (bicyclic) bond motifs is 1. The van der Waals surface area contributed by atoms with Gasteiger partial charge in [-0.25, -0.2) is 9.37 Å². The quantitative estimate of drug-likeness (QED) is 0.463. The Morgan fingerprint density at radius 1 is 1.06 bits per heavy atom. The molecule has 1 saturated carbocycles. The third kappa shape index (κ3) is 5.80. The van der Waals surface area contributed by atoms with Gasteiger partial charge in [0.05, 0.1) is 16.6 Å². The van der Waals surface area contributed by atoms with E-state index in [1.165, 1.54) is 0 Å². The minimum Gasteiger partial charge on any atom is -0.362 e. The minimum absolute atomic E-state index is 0.140. The molecule has 0 aliphatic heterocycles. The highest BCUT2D eigenvalue weighted by molar-refractivity contribution is 5.96. The number of carbonyl (C=O) groups excluding carboxylic acids is 1. The molecule has 0 atom stereocenters. The molecular formula is C25H27F4N5O. The Balaban J connectivity index is 1.34. The van der Waals surface area contributed by atoms with Crippen molar-refractivity contribution >= 4 is 28.6 Å². The van der Waals surface area contributed by atoms with E-state index in [0.29, 0.717) is 12.0 Å². The van der Waals surface area contributed by atoms with Crippen molar-refractivity contribution in [2.75, 3.05) is 30.9 Å². The molecule has 0 saturated heterocycles. The highest BCUT2D eigenvalue weighted by Crippen LogP contribution is 2.33. The van der Waals surface area contributed by atoms with Gasteiger partial charge in [-0.05, 0) is 61.9 Å². The molecule has 2 aromatic carbocycles. The van der Waals surface area contributed by atoms with E-state index >= 15 is 0 Å². The SMILES string of the molecule is CN(C)c1nc(NC2CCC(CNC(=O)c3ccc(F)cc3C(F)(F)F)CC2)nc2ccccc12. The number of carbonyl (C=O) groups is 1. The third-order valence-corrected chi connectivity index (χ3v) is 6.27. The second-order valence-corrected chi connectivity index (χ2v) is 9.04. The van der Waals surface area contributed by atoms with E-state index in [-0.39, 0.29) is 18.5 Å². The van der Waals surface area contributed by atoms with E-state index in [1.54, 1.807) is 0 Å². The van der Waals surface area contributed by atoms with Crippen LogP contribution < -0.4 is 15.5 Å². The lowest BCUT2D eigenvalue weighted by Crippen LogP contribution is -2.35. The van der Waals surface area contributed by atoms with Gasteiger partial charge in [-0.2, -0.15) is 18.2 Å². The molecule has 1 aliphatic rings. The smallest absolute Gasteiger partial charge is 0.362 e. The summed E-state index contributed by atoms with van der Waals surface area (Å²) in [5, 5.41) is 6.98. The number of nitrogens with one attached hydrogen (secondary N) is 2. The molecular weight excluding hydrogens is 462 g/mol. The van der Waals surface area contributed by atoms with Gasteiger partial charge in [0, 0.05) is 32.1 Å². The molecule has 3 aromatic rings. The molecule has 0 spiro atoms. The molecule has 1 heterocycles. The van der Waals surface area contributed by atoms with Crippen molar-refractivity contribution in [3.63, 3.8) is 0 Å². The molecule has 10 heteroatoms. The number of aromatic nitrogens is 2. The van der Waals surface area contributed by atoms with Crippen LogP contribution in [0.3, 0.4) is 0 Å². The zero-order valence-electron chi connectivity index (χ0n) is 19.5. The van der Waals surface area contributed by atoms with E-state index < -0.39 is 29.0 Å². The fourth-order valence-electron chi connectivity index (χ4n) is 4.44. The summed E-state index contributed by atoms with van der Waals surface area (Å²) in [6.07, 6.45) is -1.59. The van der Waals surface area contributed by atoms with Crippen molar-refractivity contribution in [1.29, 1.82) is 0 Å². The van der Waals surface area contributed by atoms with Gasteiger partial charge in [-0.3, -0.25) is 4.79 Å². The van der Waals surface area contributed by atoms with Crippen LogP contribution in [0.5, 0.6) is 0 Å². The number of nitrogens with zero attached hydrogens (tertiary/aromatic N) is 3. The predicted molar refractivity (Wildman–Crippen MR) is 127 cm³/mol. The highest BCUT2D eigenvalue weighted by Gasteiger charge is 2.36. The normalized spacial score (nSPS) is 18.3. The first-order chi connectivity index (χ1) is 16.6. The predicted octanol–water partition coefficient (Wildman–Crippen LogP) is 5.25. The van der Waals surface area contributed by atoms with Crippen molar-refractivity contribution in [3.8, 4) is 0 Å². The van der Waals surface area contributed by atoms with Crippen LogP contribution in [0.1, 0.15) is 41.6 Å². The molecule has 1 fully saturated rings. The number of hydrogen-bond donors (Lipinski definition) is 2. The van der Waals surface area contributed by atoms with Gasteiger partial charge < -0.3 is 15.5 Å². The van der Waals surface area contributed by atoms with Gasteiger partial charge >= 0.3 is 6.18 Å². The Morgan fingerprint density at radius 3 is 2.46 bits per heavy atom. The van der Waals surface area contributed by atoms with Crippen LogP contribution in [0, 0.1) is 11.7 Å². The van der Waals surface area contributed by atoms with Gasteiger partial charge in [-0.1, -0.05) is 12.1 Å². The number of hydrogen-bond acceptors (Lipinski definition) is 5. The van der Waals surface area contributed by atoms with E-state index in [4.69, 9.17) is 0 Å². The Kier molecular flexibility index (Phi) is 7.09. The molecule has 0 bridgehead atoms. The molecule has 35 heavy (non-hydrogen) atoms. The summed E-state index contributed by atoms with van der Waals surface area (Å²) in [6.45, 7) is 0.261. The van der Waals surface area contributed by atoms with Crippen LogP contribution in [-0.4, -0.2) is 42.6 Å². The fourth-order valence-corrected chi connectivity index (χ4v) is 4.44. The average Bonchev–Trinajstić information content (AvgIpc) is 2.82. The lowest BCUT2D eigenvalue weighted by molar-refractivity contribution is -0.138. The van der Waals surface area contributed by atoms with Gasteiger partial charge in [0.2, 0.25) is 5.95 Å². The summed E-state index contributed by atoms with van der Waals surface area (Å²) in [5.41, 5.74) is -0.987. The van der Waals surface area contributed by atoms with Crippen molar-refractivity contribution in [1.82, 2.24) is 15.3 Å². The molecule has 186 valence electrons. The standard InChI is InChI=1S/C25H27F4N5O/c1-34(2)22-19-5-3-4-6-21(19)32-24(33-22)31-17-10-7-15(8-11-17)14-30-23(35)18-12-9-16(26)13-20(18)25(27,28)29/h3-6,9,12-13,15,17H,7-8,10-11,14H2,1-2H3,(H,30,35)(H,31,32,33). The summed E-state index contributed by atoms with van der Waals surface area (Å²) < 4.78 is 52.9. The lowest BCUT2D eigenvalue weighted by Gasteiger charge is -2.29. The van der Waals surface area contributed by atoms with Gasteiger partial charge in [0.1, 0.15) is 11.6 Å². The second kappa shape index (κ2) is 10.1. The largest absolute Gasteiger partial charge is 0.417 e. The zero-order chi connectivity index (χ0) is 25.2. The van der Waals surface area contributed by atoms with Crippen molar-refractivity contribution in [2.45, 2.75) is 37.9 Å². The summed E-state index contributed by atoms with van der Waals surface area (Å²) >= 11 is 0. The van der Waals surface area contributed by atoms with Gasteiger partial charge in [0.25, 0.3) is 5.91 Å². The molecule has 2 N–H and O–H groups in total. The maximum absolute atomic E-state index is 13.3. The summed E-state index contributed by atoms with van der Waals surface area (Å²) in [6, 6.07) is 10.1. The molecule has 1 amide bonds. The second-order valence-electron chi connectivity index (χ2n) is 9.04. The molecule has 0 radical (unpaired) electrons. The number of para-hydroxylation sites is 1. The van der Waals surface area contributed by atoms with E-state index in [0.717, 1.165) is 54.5 Å². The average molecular weight is 490 g/mol. The molecule has 1 aromatic heterocycles. The monoisotopic (exact) mass is 489 g/mol. The first-order valence-corrected chi connectivity index (χ1v) is 11.5. The van der Waals surface area contributed by atoms with E-state index in [2.05, 4.69) is 20.6 Å². The number of anilines is 2. The Hall–Kier alpha value is -3.43. The molecule has 0 unspecified atom stereocenters. The first kappa shape index (κ1) is 24.7. The fraction of sp³-hybridized carbons (Fsp3) is 0.400. The summed E-state index contributed by atoms with van der Waals surface area (Å²) in [4.78, 5) is 23.6. The van der Waals surface area contributed by atoms with Crippen LogP contribution >= 0.6 is 0 Å². The number of benzene rings is 2. The van der Waals surface area contributed by atoms with Crippen LogP contribution in [0.25, 0.3) is 10.9 Å². The maximum atomic E-state index is 13.3. The highest BCUT2D eigenvalue weighted by atomic mass is 19.4. The van der Waals surface area contributed by atoms with Crippen LogP contribution in [0.2, 0.25) is 0 Å². The number of alkyl halides is 3. The molecule has 4 rings (SSSR count). The Bertz CT molecular complexity index is 1210. The van der Waals surface area contributed by atoms with Crippen molar-refractivity contribution in [3.05, 3.63) is 59.4 Å². The van der Waals surface area contributed by atoms with Crippen molar-refractivity contribution in [2.24, 2.45) is 5.92 Å². The number of rotatable bonds is 6. The zero-order valence-corrected chi connectivity index (χ0v) is 19.5. The van der Waals surface area contributed by atoms with Crippen LogP contribution in [-0.2, 0) is 6.18 Å². The van der Waals surface area contributed by atoms with Crippen molar-refractivity contribution < 1.29 is 22.4 Å². The minimum atomic E-state index is -4.81.